The largest absolute Gasteiger partial charge is 0.359 e. The lowest BCUT2D eigenvalue weighted by molar-refractivity contribution is -0.119. The molecule has 1 aliphatic heterocycles. The average molecular weight is 437 g/mol. The minimum absolute atomic E-state index is 0.0199. The van der Waals surface area contributed by atoms with Crippen LogP contribution in [0.3, 0.4) is 0 Å². The lowest BCUT2D eigenvalue weighted by Crippen LogP contribution is -2.29. The molecule has 0 saturated carbocycles. The molecule has 1 fully saturated rings. The third-order valence-corrected chi connectivity index (χ3v) is 6.87. The Hall–Kier alpha value is -2.31. The SMILES string of the molecule is CNC(=O)Cc1ccc2[nH]c(CCSCc3cccc(CN4CCCCC4)c3)nc2c1. The number of rotatable bonds is 9. The van der Waals surface area contributed by atoms with Crippen molar-refractivity contribution in [1.29, 1.82) is 0 Å². The van der Waals surface area contributed by atoms with E-state index in [9.17, 15) is 4.79 Å². The highest BCUT2D eigenvalue weighted by Crippen LogP contribution is 2.19. The second-order valence-electron chi connectivity index (χ2n) is 8.34. The minimum Gasteiger partial charge on any atom is -0.359 e. The van der Waals surface area contributed by atoms with Crippen LogP contribution in [0, 0.1) is 0 Å². The number of carbonyl (C=O) groups excluding carboxylic acids is 1. The second kappa shape index (κ2) is 10.8. The molecule has 6 heteroatoms. The molecule has 2 N–H and O–H groups in total. The van der Waals surface area contributed by atoms with Gasteiger partial charge in [-0.3, -0.25) is 9.69 Å². The number of carbonyl (C=O) groups is 1. The second-order valence-corrected chi connectivity index (χ2v) is 9.45. The maximum Gasteiger partial charge on any atom is 0.224 e. The average Bonchev–Trinajstić information content (AvgIpc) is 3.20. The number of aryl methyl sites for hydroxylation is 1. The van der Waals surface area contributed by atoms with Gasteiger partial charge in [-0.1, -0.05) is 36.8 Å². The third-order valence-electron chi connectivity index (χ3n) is 5.84. The molecule has 0 spiro atoms. The third kappa shape index (κ3) is 6.34. The predicted molar refractivity (Wildman–Crippen MR) is 129 cm³/mol. The van der Waals surface area contributed by atoms with Crippen LogP contribution in [0.5, 0.6) is 0 Å². The molecule has 0 unspecified atom stereocenters. The van der Waals surface area contributed by atoms with Crippen molar-refractivity contribution in [2.45, 2.75) is 44.4 Å². The molecule has 3 aromatic rings. The number of amides is 1. The molecule has 2 heterocycles. The lowest BCUT2D eigenvalue weighted by atomic mass is 10.1. The molecule has 0 radical (unpaired) electrons. The molecule has 164 valence electrons. The Morgan fingerprint density at radius 1 is 1.10 bits per heavy atom. The van der Waals surface area contributed by atoms with Gasteiger partial charge in [-0.2, -0.15) is 11.8 Å². The number of nitrogens with zero attached hydrogens (tertiary/aromatic N) is 2. The molecule has 0 atom stereocenters. The maximum absolute atomic E-state index is 11.6. The highest BCUT2D eigenvalue weighted by atomic mass is 32.2. The van der Waals surface area contributed by atoms with Crippen LogP contribution in [-0.4, -0.2) is 46.7 Å². The molecule has 1 aromatic heterocycles. The van der Waals surface area contributed by atoms with E-state index in [1.807, 2.05) is 30.0 Å². The molecular weight excluding hydrogens is 404 g/mol. The zero-order valence-electron chi connectivity index (χ0n) is 18.3. The van der Waals surface area contributed by atoms with E-state index in [4.69, 9.17) is 4.98 Å². The smallest absolute Gasteiger partial charge is 0.224 e. The predicted octanol–water partition coefficient (Wildman–Crippen LogP) is 4.31. The van der Waals surface area contributed by atoms with E-state index in [1.165, 1.54) is 43.5 Å². The van der Waals surface area contributed by atoms with E-state index in [0.29, 0.717) is 6.42 Å². The van der Waals surface area contributed by atoms with Crippen LogP contribution >= 0.6 is 11.8 Å². The first-order chi connectivity index (χ1) is 15.2. The first kappa shape index (κ1) is 21.9. The minimum atomic E-state index is 0.0199. The molecule has 0 aliphatic carbocycles. The quantitative estimate of drug-likeness (QED) is 0.491. The number of H-pyrrole nitrogens is 1. The number of aromatic nitrogens is 2. The van der Waals surface area contributed by atoms with Gasteiger partial charge in [-0.05, 0) is 54.8 Å². The summed E-state index contributed by atoms with van der Waals surface area (Å²) in [5.41, 5.74) is 5.80. The standard InChI is InChI=1S/C25H32N4OS/c1-26-25(30)16-19-8-9-22-23(15-19)28-24(27-22)10-13-31-18-21-7-5-6-20(14-21)17-29-11-3-2-4-12-29/h5-9,14-15H,2-4,10-13,16-18H2,1H3,(H,26,30)(H,27,28). The summed E-state index contributed by atoms with van der Waals surface area (Å²) in [6.45, 7) is 3.56. The van der Waals surface area contributed by atoms with Crippen LogP contribution in [0.4, 0.5) is 0 Å². The topological polar surface area (TPSA) is 61.0 Å². The summed E-state index contributed by atoms with van der Waals surface area (Å²) < 4.78 is 0. The fourth-order valence-electron chi connectivity index (χ4n) is 4.16. The van der Waals surface area contributed by atoms with Crippen LogP contribution in [0.1, 0.15) is 41.8 Å². The van der Waals surface area contributed by atoms with Gasteiger partial charge in [0.2, 0.25) is 5.91 Å². The fourth-order valence-corrected chi connectivity index (χ4v) is 5.06. The number of imidazole rings is 1. The first-order valence-electron chi connectivity index (χ1n) is 11.3. The van der Waals surface area contributed by atoms with Crippen molar-refractivity contribution in [1.82, 2.24) is 20.2 Å². The number of likely N-dealkylation sites (tertiary alicyclic amines) is 1. The number of hydrogen-bond donors (Lipinski definition) is 2. The van der Waals surface area contributed by atoms with Crippen molar-refractivity contribution >= 4 is 28.7 Å². The van der Waals surface area contributed by atoms with E-state index < -0.39 is 0 Å². The van der Waals surface area contributed by atoms with E-state index in [0.717, 1.165) is 46.9 Å². The van der Waals surface area contributed by atoms with Crippen LogP contribution in [-0.2, 0) is 29.9 Å². The van der Waals surface area contributed by atoms with Crippen LogP contribution < -0.4 is 5.32 Å². The van der Waals surface area contributed by atoms with Gasteiger partial charge in [-0.25, -0.2) is 4.98 Å². The first-order valence-corrected chi connectivity index (χ1v) is 12.4. The molecular formula is C25H32N4OS. The van der Waals surface area contributed by atoms with Crippen molar-refractivity contribution in [3.05, 3.63) is 65.0 Å². The van der Waals surface area contributed by atoms with Crippen molar-refractivity contribution in [3.8, 4) is 0 Å². The van der Waals surface area contributed by atoms with Gasteiger partial charge >= 0.3 is 0 Å². The molecule has 31 heavy (non-hydrogen) atoms. The van der Waals surface area contributed by atoms with Gasteiger partial charge in [0.25, 0.3) is 0 Å². The highest BCUT2D eigenvalue weighted by molar-refractivity contribution is 7.98. The zero-order chi connectivity index (χ0) is 21.5. The Bertz CT molecular complexity index is 1010. The van der Waals surface area contributed by atoms with Gasteiger partial charge in [0, 0.05) is 31.5 Å². The monoisotopic (exact) mass is 436 g/mol. The summed E-state index contributed by atoms with van der Waals surface area (Å²) in [6, 6.07) is 15.1. The highest BCUT2D eigenvalue weighted by Gasteiger charge is 2.11. The Kier molecular flexibility index (Phi) is 7.65. The van der Waals surface area contributed by atoms with E-state index in [1.54, 1.807) is 7.05 Å². The van der Waals surface area contributed by atoms with Gasteiger partial charge < -0.3 is 10.3 Å². The molecule has 1 saturated heterocycles. The molecule has 0 bridgehead atoms. The molecule has 2 aromatic carbocycles. The summed E-state index contributed by atoms with van der Waals surface area (Å²) in [5, 5.41) is 2.67. The summed E-state index contributed by atoms with van der Waals surface area (Å²) >= 11 is 1.95. The lowest BCUT2D eigenvalue weighted by Gasteiger charge is -2.26. The number of nitrogens with one attached hydrogen (secondary N) is 2. The summed E-state index contributed by atoms with van der Waals surface area (Å²) in [7, 11) is 1.66. The van der Waals surface area contributed by atoms with Crippen molar-refractivity contribution in [2.75, 3.05) is 25.9 Å². The number of benzene rings is 2. The zero-order valence-corrected chi connectivity index (χ0v) is 19.1. The normalized spacial score (nSPS) is 14.7. The van der Waals surface area contributed by atoms with Gasteiger partial charge in [-0.15, -0.1) is 0 Å². The van der Waals surface area contributed by atoms with Crippen molar-refractivity contribution in [3.63, 3.8) is 0 Å². The maximum atomic E-state index is 11.6. The number of fused-ring (bicyclic) bond motifs is 1. The molecule has 4 rings (SSSR count). The van der Waals surface area contributed by atoms with E-state index in [-0.39, 0.29) is 5.91 Å². The Labute approximate surface area is 189 Å². The van der Waals surface area contributed by atoms with Crippen molar-refractivity contribution in [2.24, 2.45) is 0 Å². The molecule has 1 amide bonds. The van der Waals surface area contributed by atoms with E-state index >= 15 is 0 Å². The molecule has 1 aliphatic rings. The number of thioether (sulfide) groups is 1. The van der Waals surface area contributed by atoms with Gasteiger partial charge in [0.05, 0.1) is 17.5 Å². The van der Waals surface area contributed by atoms with E-state index in [2.05, 4.69) is 39.5 Å². The van der Waals surface area contributed by atoms with Gasteiger partial charge in [0.15, 0.2) is 0 Å². The van der Waals surface area contributed by atoms with Crippen LogP contribution in [0.25, 0.3) is 11.0 Å². The number of hydrogen-bond acceptors (Lipinski definition) is 4. The van der Waals surface area contributed by atoms with Crippen molar-refractivity contribution < 1.29 is 4.79 Å². The summed E-state index contributed by atoms with van der Waals surface area (Å²) in [4.78, 5) is 22.3. The summed E-state index contributed by atoms with van der Waals surface area (Å²) in [5.74, 6) is 3.09. The number of likely N-dealkylation sites (N-methyl/N-ethyl adjacent to an activating group) is 1. The molecule has 5 nitrogen and oxygen atoms in total. The summed E-state index contributed by atoms with van der Waals surface area (Å²) in [6.07, 6.45) is 5.37. The number of piperidine rings is 1. The Morgan fingerprint density at radius 3 is 2.77 bits per heavy atom. The van der Waals surface area contributed by atoms with Crippen LogP contribution in [0.2, 0.25) is 0 Å². The number of aromatic amines is 1. The van der Waals surface area contributed by atoms with Crippen LogP contribution in [0.15, 0.2) is 42.5 Å². The van der Waals surface area contributed by atoms with Gasteiger partial charge in [0.1, 0.15) is 5.82 Å². The Balaban J connectivity index is 1.26. The fraction of sp³-hybridized carbons (Fsp3) is 0.440. The Morgan fingerprint density at radius 2 is 1.94 bits per heavy atom.